The highest BCUT2D eigenvalue weighted by Crippen LogP contribution is 2.29. The summed E-state index contributed by atoms with van der Waals surface area (Å²) in [5.74, 6) is 1.69. The van der Waals surface area contributed by atoms with Gasteiger partial charge in [0.15, 0.2) is 0 Å². The van der Waals surface area contributed by atoms with Crippen molar-refractivity contribution in [2.75, 3.05) is 0 Å². The van der Waals surface area contributed by atoms with Crippen LogP contribution in [-0.4, -0.2) is 9.97 Å². The Morgan fingerprint density at radius 1 is 1.19 bits per heavy atom. The van der Waals surface area contributed by atoms with E-state index in [1.165, 1.54) is 5.56 Å². The quantitative estimate of drug-likeness (QED) is 0.858. The first-order valence-electron chi connectivity index (χ1n) is 6.94. The molecule has 1 aromatic carbocycles. The van der Waals surface area contributed by atoms with E-state index in [-0.39, 0.29) is 4.99 Å². The van der Waals surface area contributed by atoms with Crippen molar-refractivity contribution in [3.05, 3.63) is 52.7 Å². The first-order chi connectivity index (χ1) is 9.88. The number of rotatable bonds is 4. The lowest BCUT2D eigenvalue weighted by Gasteiger charge is -2.14. The molecule has 21 heavy (non-hydrogen) atoms. The number of thiocarbonyl (C=S) groups is 1. The van der Waals surface area contributed by atoms with Crippen molar-refractivity contribution < 1.29 is 4.74 Å². The minimum Gasteiger partial charge on any atom is -0.438 e. The second-order valence-corrected chi connectivity index (χ2v) is 5.89. The molecule has 0 aliphatic heterocycles. The fourth-order valence-corrected chi connectivity index (χ4v) is 2.14. The van der Waals surface area contributed by atoms with E-state index in [1.54, 1.807) is 0 Å². The lowest BCUT2D eigenvalue weighted by Crippen LogP contribution is -2.12. The molecule has 2 N–H and O–H groups in total. The number of hydrogen-bond acceptors (Lipinski definition) is 3. The van der Waals surface area contributed by atoms with E-state index >= 15 is 0 Å². The molecule has 2 aromatic rings. The van der Waals surface area contributed by atoms with Gasteiger partial charge in [0.1, 0.15) is 10.7 Å². The summed E-state index contributed by atoms with van der Waals surface area (Å²) in [5.41, 5.74) is 9.54. The number of aryl methyl sites for hydroxylation is 2. The van der Waals surface area contributed by atoms with Gasteiger partial charge in [-0.3, -0.25) is 0 Å². The molecule has 0 saturated carbocycles. The van der Waals surface area contributed by atoms with E-state index in [1.807, 2.05) is 32.0 Å². The van der Waals surface area contributed by atoms with Crippen LogP contribution in [0.15, 0.2) is 30.3 Å². The third kappa shape index (κ3) is 3.58. The molecule has 2 rings (SSSR count). The highest BCUT2D eigenvalue weighted by atomic mass is 32.1. The molecule has 110 valence electrons. The van der Waals surface area contributed by atoms with Gasteiger partial charge in [-0.2, -0.15) is 0 Å². The van der Waals surface area contributed by atoms with E-state index in [9.17, 15) is 0 Å². The third-order valence-corrected chi connectivity index (χ3v) is 3.57. The van der Waals surface area contributed by atoms with Crippen molar-refractivity contribution >= 4 is 17.2 Å². The van der Waals surface area contributed by atoms with Gasteiger partial charge >= 0.3 is 0 Å². The summed E-state index contributed by atoms with van der Waals surface area (Å²) in [5, 5.41) is 0. The standard InChI is InChI=1S/C17H20N2OS/c1-10(2)13-7-5-11(3)15(9-13)20-17-14(16(18)21)8-6-12(4)19-17/h5-10H,1-4H3,(H2,18,21). The van der Waals surface area contributed by atoms with E-state index in [0.29, 0.717) is 17.4 Å². The maximum Gasteiger partial charge on any atom is 0.229 e. The lowest BCUT2D eigenvalue weighted by molar-refractivity contribution is 0.456. The predicted octanol–water partition coefficient (Wildman–Crippen LogP) is 4.25. The number of nitrogens with zero attached hydrogens (tertiary/aromatic N) is 1. The Kier molecular flexibility index (Phi) is 4.58. The second kappa shape index (κ2) is 6.22. The fourth-order valence-electron chi connectivity index (χ4n) is 1.99. The number of ether oxygens (including phenoxy) is 1. The molecule has 4 heteroatoms. The molecule has 0 fully saturated rings. The maximum absolute atomic E-state index is 5.99. The van der Waals surface area contributed by atoms with Crippen LogP contribution < -0.4 is 10.5 Å². The molecule has 0 bridgehead atoms. The first-order valence-corrected chi connectivity index (χ1v) is 7.35. The van der Waals surface area contributed by atoms with E-state index < -0.39 is 0 Å². The molecule has 0 aliphatic carbocycles. The van der Waals surface area contributed by atoms with E-state index in [0.717, 1.165) is 17.0 Å². The lowest BCUT2D eigenvalue weighted by atomic mass is 10.0. The Labute approximate surface area is 131 Å². The average Bonchev–Trinajstić information content (AvgIpc) is 2.40. The van der Waals surface area contributed by atoms with Crippen molar-refractivity contribution in [3.8, 4) is 11.6 Å². The summed E-state index contributed by atoms with van der Waals surface area (Å²) < 4.78 is 5.99. The summed E-state index contributed by atoms with van der Waals surface area (Å²) >= 11 is 5.07. The SMILES string of the molecule is Cc1ccc(C(N)=S)c(Oc2cc(C(C)C)ccc2C)n1. The normalized spacial score (nSPS) is 10.7. The van der Waals surface area contributed by atoms with Crippen LogP contribution in [0.25, 0.3) is 0 Å². The topological polar surface area (TPSA) is 48.1 Å². The van der Waals surface area contributed by atoms with Gasteiger partial charge in [0, 0.05) is 5.69 Å². The third-order valence-electron chi connectivity index (χ3n) is 3.35. The first kappa shape index (κ1) is 15.4. The monoisotopic (exact) mass is 300 g/mol. The fraction of sp³-hybridized carbons (Fsp3) is 0.294. The highest BCUT2D eigenvalue weighted by Gasteiger charge is 2.12. The molecule has 0 atom stereocenters. The molecule has 0 saturated heterocycles. The summed E-state index contributed by atoms with van der Waals surface area (Å²) in [6.07, 6.45) is 0. The summed E-state index contributed by atoms with van der Waals surface area (Å²) in [7, 11) is 0. The number of benzene rings is 1. The molecule has 0 amide bonds. The number of pyridine rings is 1. The Bertz CT molecular complexity index is 680. The van der Waals surface area contributed by atoms with Crippen LogP contribution in [0.1, 0.15) is 42.1 Å². The van der Waals surface area contributed by atoms with Crippen LogP contribution in [0.5, 0.6) is 11.6 Å². The predicted molar refractivity (Wildman–Crippen MR) is 90.2 cm³/mol. The number of aromatic nitrogens is 1. The Morgan fingerprint density at radius 3 is 2.52 bits per heavy atom. The van der Waals surface area contributed by atoms with Crippen LogP contribution in [-0.2, 0) is 0 Å². The summed E-state index contributed by atoms with van der Waals surface area (Å²) in [6, 6.07) is 9.94. The van der Waals surface area contributed by atoms with Crippen molar-refractivity contribution in [1.82, 2.24) is 4.98 Å². The summed E-state index contributed by atoms with van der Waals surface area (Å²) in [6.45, 7) is 8.23. The van der Waals surface area contributed by atoms with Gasteiger partial charge < -0.3 is 10.5 Å². The largest absolute Gasteiger partial charge is 0.438 e. The maximum atomic E-state index is 5.99. The average molecular weight is 300 g/mol. The molecule has 0 aliphatic rings. The van der Waals surface area contributed by atoms with Gasteiger partial charge in [0.2, 0.25) is 5.88 Å². The zero-order valence-corrected chi connectivity index (χ0v) is 13.6. The van der Waals surface area contributed by atoms with Gasteiger partial charge in [-0.1, -0.05) is 38.2 Å². The van der Waals surface area contributed by atoms with Crippen molar-refractivity contribution in [3.63, 3.8) is 0 Å². The molecule has 0 unspecified atom stereocenters. The number of nitrogens with two attached hydrogens (primary N) is 1. The zero-order chi connectivity index (χ0) is 15.6. The van der Waals surface area contributed by atoms with Gasteiger partial charge in [0.05, 0.1) is 5.56 Å². The Morgan fingerprint density at radius 2 is 1.90 bits per heavy atom. The smallest absolute Gasteiger partial charge is 0.229 e. The number of hydrogen-bond donors (Lipinski definition) is 1. The van der Waals surface area contributed by atoms with Crippen LogP contribution in [0.2, 0.25) is 0 Å². The van der Waals surface area contributed by atoms with Crippen LogP contribution in [0.4, 0.5) is 0 Å². The Balaban J connectivity index is 2.44. The van der Waals surface area contributed by atoms with Gasteiger partial charge in [-0.15, -0.1) is 0 Å². The molecule has 1 aromatic heterocycles. The molecule has 3 nitrogen and oxygen atoms in total. The Hall–Kier alpha value is -1.94. The van der Waals surface area contributed by atoms with Crippen molar-refractivity contribution in [2.45, 2.75) is 33.6 Å². The molecule has 0 spiro atoms. The van der Waals surface area contributed by atoms with Crippen molar-refractivity contribution in [2.24, 2.45) is 5.73 Å². The molecule has 0 radical (unpaired) electrons. The minimum absolute atomic E-state index is 0.287. The van der Waals surface area contributed by atoms with E-state index in [4.69, 9.17) is 22.7 Å². The summed E-state index contributed by atoms with van der Waals surface area (Å²) in [4.78, 5) is 4.70. The van der Waals surface area contributed by atoms with Crippen LogP contribution >= 0.6 is 12.2 Å². The second-order valence-electron chi connectivity index (χ2n) is 5.45. The van der Waals surface area contributed by atoms with Crippen molar-refractivity contribution in [1.29, 1.82) is 0 Å². The van der Waals surface area contributed by atoms with Gasteiger partial charge in [-0.05, 0) is 49.1 Å². The van der Waals surface area contributed by atoms with Gasteiger partial charge in [0.25, 0.3) is 0 Å². The van der Waals surface area contributed by atoms with E-state index in [2.05, 4.69) is 31.0 Å². The van der Waals surface area contributed by atoms with Crippen LogP contribution in [0.3, 0.4) is 0 Å². The minimum atomic E-state index is 0.287. The van der Waals surface area contributed by atoms with Gasteiger partial charge in [-0.25, -0.2) is 4.98 Å². The molecular weight excluding hydrogens is 280 g/mol. The van der Waals surface area contributed by atoms with Crippen LogP contribution in [0, 0.1) is 13.8 Å². The molecule has 1 heterocycles. The molecular formula is C17H20N2OS. The highest BCUT2D eigenvalue weighted by molar-refractivity contribution is 7.80. The zero-order valence-electron chi connectivity index (χ0n) is 12.8.